The molecule has 0 spiro atoms. The van der Waals surface area contributed by atoms with Crippen LogP contribution in [0.15, 0.2) is 36.5 Å². The largest absolute Gasteiger partial charge is 0.394 e. The standard InChI is InChI=1S/C54H101NO8/c1-3-5-7-9-11-13-15-17-19-20-21-22-23-24-25-26-27-28-30-32-34-36-38-40-42-44-50(58)55-47(46-62-54-53(61)52(60)51(59)49(45-56)63-54)48(57)43-41-39-37-35-33-31-29-18-16-14-12-10-8-6-4-2/h20-21,33,35,41,43,47-49,51-54,56-57,59-61H,3-19,22-32,34,36-40,42,44-46H2,1-2H3,(H,55,58)/b21-20-,35-33+,43-41+. The highest BCUT2D eigenvalue weighted by molar-refractivity contribution is 5.76. The molecule has 6 N–H and O–H groups in total. The number of unbranched alkanes of at least 4 members (excludes halogenated alkanes) is 31. The molecule has 9 heteroatoms. The molecule has 0 aromatic heterocycles. The Hall–Kier alpha value is -1.59. The van der Waals surface area contributed by atoms with E-state index in [1.54, 1.807) is 6.08 Å². The average molecular weight is 892 g/mol. The van der Waals surface area contributed by atoms with Crippen molar-refractivity contribution in [2.45, 2.75) is 288 Å². The lowest BCUT2D eigenvalue weighted by atomic mass is 9.99. The normalized spacial score (nSPS) is 20.4. The summed E-state index contributed by atoms with van der Waals surface area (Å²) in [7, 11) is 0. The first kappa shape index (κ1) is 59.4. The van der Waals surface area contributed by atoms with Gasteiger partial charge in [0, 0.05) is 6.42 Å². The van der Waals surface area contributed by atoms with E-state index in [1.165, 1.54) is 186 Å². The molecule has 1 aliphatic heterocycles. The van der Waals surface area contributed by atoms with Crippen molar-refractivity contribution >= 4 is 5.91 Å². The molecule has 7 unspecified atom stereocenters. The van der Waals surface area contributed by atoms with Crippen LogP contribution < -0.4 is 5.32 Å². The molecule has 0 bridgehead atoms. The molecule has 370 valence electrons. The van der Waals surface area contributed by atoms with Crippen molar-refractivity contribution in [3.05, 3.63) is 36.5 Å². The molecule has 1 aliphatic rings. The van der Waals surface area contributed by atoms with Crippen LogP contribution in [0.1, 0.15) is 245 Å². The molecule has 0 aromatic carbocycles. The van der Waals surface area contributed by atoms with Crippen molar-refractivity contribution in [1.82, 2.24) is 5.32 Å². The van der Waals surface area contributed by atoms with Gasteiger partial charge in [0.1, 0.15) is 24.4 Å². The highest BCUT2D eigenvalue weighted by atomic mass is 16.7. The zero-order chi connectivity index (χ0) is 45.9. The average Bonchev–Trinajstić information content (AvgIpc) is 3.28. The molecular formula is C54H101NO8. The van der Waals surface area contributed by atoms with Crippen LogP contribution in [0.25, 0.3) is 0 Å². The second-order valence-electron chi connectivity index (χ2n) is 18.7. The number of carbonyl (C=O) groups is 1. The number of ether oxygens (including phenoxy) is 2. The van der Waals surface area contributed by atoms with E-state index in [1.807, 2.05) is 6.08 Å². The second-order valence-corrected chi connectivity index (χ2v) is 18.7. The molecule has 1 heterocycles. The third-order valence-electron chi connectivity index (χ3n) is 12.7. The number of aliphatic hydroxyl groups is 5. The molecule has 0 aliphatic carbocycles. The molecule has 1 amide bonds. The maximum atomic E-state index is 13.0. The third kappa shape index (κ3) is 34.4. The number of hydrogen-bond donors (Lipinski definition) is 6. The fourth-order valence-electron chi connectivity index (χ4n) is 8.40. The molecule has 1 saturated heterocycles. The van der Waals surface area contributed by atoms with Crippen LogP contribution >= 0.6 is 0 Å². The molecule has 0 radical (unpaired) electrons. The monoisotopic (exact) mass is 892 g/mol. The van der Waals surface area contributed by atoms with Gasteiger partial charge in [-0.25, -0.2) is 0 Å². The van der Waals surface area contributed by atoms with E-state index in [4.69, 9.17) is 9.47 Å². The number of rotatable bonds is 45. The smallest absolute Gasteiger partial charge is 0.220 e. The van der Waals surface area contributed by atoms with Gasteiger partial charge in [0.25, 0.3) is 0 Å². The zero-order valence-corrected chi connectivity index (χ0v) is 40.8. The SMILES string of the molecule is CCCCCCCCCC/C=C\CCCCCCCCCCCCCCCC(=O)NC(COC1OC(CO)C(O)C(O)C1O)C(O)/C=C/CC/C=C/CCCCCCCCCCC. The van der Waals surface area contributed by atoms with Gasteiger partial charge in [-0.1, -0.05) is 217 Å². The minimum Gasteiger partial charge on any atom is -0.394 e. The van der Waals surface area contributed by atoms with Crippen molar-refractivity contribution in [1.29, 1.82) is 0 Å². The van der Waals surface area contributed by atoms with E-state index >= 15 is 0 Å². The van der Waals surface area contributed by atoms with Gasteiger partial charge in [-0.2, -0.15) is 0 Å². The van der Waals surface area contributed by atoms with E-state index in [9.17, 15) is 30.3 Å². The first-order valence-corrected chi connectivity index (χ1v) is 26.7. The van der Waals surface area contributed by atoms with Crippen molar-refractivity contribution in [3.8, 4) is 0 Å². The van der Waals surface area contributed by atoms with E-state index in [0.717, 1.165) is 38.5 Å². The van der Waals surface area contributed by atoms with Gasteiger partial charge in [-0.15, -0.1) is 0 Å². The number of carbonyl (C=O) groups excluding carboxylic acids is 1. The van der Waals surface area contributed by atoms with Crippen LogP contribution in [0.4, 0.5) is 0 Å². The Morgan fingerprint density at radius 1 is 0.524 bits per heavy atom. The highest BCUT2D eigenvalue weighted by Gasteiger charge is 2.44. The van der Waals surface area contributed by atoms with E-state index in [0.29, 0.717) is 6.42 Å². The predicted octanol–water partition coefficient (Wildman–Crippen LogP) is 12.4. The lowest BCUT2D eigenvalue weighted by Gasteiger charge is -2.40. The number of allylic oxidation sites excluding steroid dienone is 5. The summed E-state index contributed by atoms with van der Waals surface area (Å²) in [5, 5.41) is 54.3. The Balaban J connectivity index is 2.24. The van der Waals surface area contributed by atoms with Gasteiger partial charge in [0.2, 0.25) is 5.91 Å². The summed E-state index contributed by atoms with van der Waals surface area (Å²) in [4.78, 5) is 13.0. The maximum absolute atomic E-state index is 13.0. The van der Waals surface area contributed by atoms with Gasteiger partial charge in [-0.05, 0) is 57.8 Å². The summed E-state index contributed by atoms with van der Waals surface area (Å²) in [5.74, 6) is -0.185. The maximum Gasteiger partial charge on any atom is 0.220 e. The van der Waals surface area contributed by atoms with Crippen molar-refractivity contribution in [2.24, 2.45) is 0 Å². The minimum atomic E-state index is -1.57. The van der Waals surface area contributed by atoms with Gasteiger partial charge < -0.3 is 40.3 Å². The number of aliphatic hydroxyl groups excluding tert-OH is 5. The lowest BCUT2D eigenvalue weighted by molar-refractivity contribution is -0.302. The number of amides is 1. The quantitative estimate of drug-likeness (QED) is 0.0261. The summed E-state index contributed by atoms with van der Waals surface area (Å²) in [5.41, 5.74) is 0. The topological polar surface area (TPSA) is 149 Å². The fraction of sp³-hybridized carbons (Fsp3) is 0.870. The molecule has 63 heavy (non-hydrogen) atoms. The van der Waals surface area contributed by atoms with Crippen LogP contribution in [-0.2, 0) is 14.3 Å². The molecule has 0 saturated carbocycles. The summed E-state index contributed by atoms with van der Waals surface area (Å²) in [6, 6.07) is -0.820. The number of nitrogens with one attached hydrogen (secondary N) is 1. The van der Waals surface area contributed by atoms with Gasteiger partial charge in [0.05, 0.1) is 25.4 Å². The fourth-order valence-corrected chi connectivity index (χ4v) is 8.40. The minimum absolute atomic E-state index is 0.185. The van der Waals surface area contributed by atoms with Gasteiger partial charge in [0.15, 0.2) is 6.29 Å². The molecule has 1 fully saturated rings. The predicted molar refractivity (Wildman–Crippen MR) is 263 cm³/mol. The molecule has 1 rings (SSSR count). The van der Waals surface area contributed by atoms with Crippen molar-refractivity contribution in [3.63, 3.8) is 0 Å². The van der Waals surface area contributed by atoms with E-state index < -0.39 is 49.5 Å². The summed E-state index contributed by atoms with van der Waals surface area (Å²) >= 11 is 0. The van der Waals surface area contributed by atoms with Crippen LogP contribution in [-0.4, -0.2) is 87.5 Å². The van der Waals surface area contributed by atoms with E-state index in [-0.39, 0.29) is 12.5 Å². The Morgan fingerprint density at radius 3 is 1.33 bits per heavy atom. The molecule has 0 aromatic rings. The Morgan fingerprint density at radius 2 is 0.905 bits per heavy atom. The van der Waals surface area contributed by atoms with Crippen LogP contribution in [0.3, 0.4) is 0 Å². The lowest BCUT2D eigenvalue weighted by Crippen LogP contribution is -2.60. The summed E-state index contributed by atoms with van der Waals surface area (Å²) in [6.07, 6.45) is 49.2. The van der Waals surface area contributed by atoms with Crippen molar-refractivity contribution in [2.75, 3.05) is 13.2 Å². The zero-order valence-electron chi connectivity index (χ0n) is 40.8. The third-order valence-corrected chi connectivity index (χ3v) is 12.7. The Kier molecular flexibility index (Phi) is 41.7. The van der Waals surface area contributed by atoms with Crippen LogP contribution in [0, 0.1) is 0 Å². The van der Waals surface area contributed by atoms with Crippen LogP contribution in [0.5, 0.6) is 0 Å². The Labute approximate surface area is 387 Å². The summed E-state index contributed by atoms with van der Waals surface area (Å²) < 4.78 is 11.2. The van der Waals surface area contributed by atoms with Crippen molar-refractivity contribution < 1.29 is 39.8 Å². The Bertz CT molecular complexity index is 1080. The molecular weight excluding hydrogens is 791 g/mol. The van der Waals surface area contributed by atoms with Gasteiger partial charge >= 0.3 is 0 Å². The van der Waals surface area contributed by atoms with Crippen LogP contribution in [0.2, 0.25) is 0 Å². The molecule has 7 atom stereocenters. The van der Waals surface area contributed by atoms with Gasteiger partial charge in [-0.3, -0.25) is 4.79 Å². The highest BCUT2D eigenvalue weighted by Crippen LogP contribution is 2.23. The first-order chi connectivity index (χ1) is 30.8. The summed E-state index contributed by atoms with van der Waals surface area (Å²) in [6.45, 7) is 3.77. The van der Waals surface area contributed by atoms with E-state index in [2.05, 4.69) is 43.5 Å². The molecule has 9 nitrogen and oxygen atoms in total. The first-order valence-electron chi connectivity index (χ1n) is 26.7. The number of hydrogen-bond acceptors (Lipinski definition) is 8. The second kappa shape index (κ2) is 44.3.